The van der Waals surface area contributed by atoms with Crippen molar-refractivity contribution in [3.8, 4) is 0 Å². The van der Waals surface area contributed by atoms with Gasteiger partial charge in [-0.25, -0.2) is 9.97 Å². The van der Waals surface area contributed by atoms with Crippen LogP contribution in [0.1, 0.15) is 24.6 Å². The summed E-state index contributed by atoms with van der Waals surface area (Å²) >= 11 is 1.59. The third kappa shape index (κ3) is 3.77. The molecule has 0 atom stereocenters. The molecule has 0 radical (unpaired) electrons. The first-order valence-corrected chi connectivity index (χ1v) is 7.00. The highest BCUT2D eigenvalue weighted by Crippen LogP contribution is 2.22. The smallest absolute Gasteiger partial charge is 0.256 e. The van der Waals surface area contributed by atoms with Crippen molar-refractivity contribution in [3.05, 3.63) is 35.9 Å². The van der Waals surface area contributed by atoms with Gasteiger partial charge in [0.15, 0.2) is 0 Å². The van der Waals surface area contributed by atoms with Crippen LogP contribution in [0.3, 0.4) is 0 Å². The first-order valence-electron chi connectivity index (χ1n) is 6.01. The molecule has 0 bridgehead atoms. The van der Waals surface area contributed by atoms with E-state index < -0.39 is 0 Å². The van der Waals surface area contributed by atoms with E-state index in [-0.39, 0.29) is 0 Å². The van der Waals surface area contributed by atoms with E-state index in [0.29, 0.717) is 5.22 Å². The average molecular weight is 263 g/mol. The summed E-state index contributed by atoms with van der Waals surface area (Å²) in [5.41, 5.74) is 2.13. The minimum absolute atomic E-state index is 0.715. The first-order chi connectivity index (χ1) is 8.78. The summed E-state index contributed by atoms with van der Waals surface area (Å²) in [7, 11) is 0. The van der Waals surface area contributed by atoms with Crippen molar-refractivity contribution in [3.63, 3.8) is 0 Å². The lowest BCUT2D eigenvalue weighted by Crippen LogP contribution is -2.01. The third-order valence-corrected chi connectivity index (χ3v) is 3.25. The number of nitrogens with one attached hydrogen (secondary N) is 1. The van der Waals surface area contributed by atoms with Crippen LogP contribution in [-0.2, 0) is 5.75 Å². The SMILES string of the molecule is CCCNc1cc(CSc2nc(C)co2)ccn1. The van der Waals surface area contributed by atoms with Gasteiger partial charge in [0.2, 0.25) is 0 Å². The maximum absolute atomic E-state index is 5.30. The van der Waals surface area contributed by atoms with Crippen molar-refractivity contribution < 1.29 is 4.42 Å². The number of thioether (sulfide) groups is 1. The van der Waals surface area contributed by atoms with Crippen LogP contribution in [0.15, 0.2) is 34.2 Å². The van der Waals surface area contributed by atoms with E-state index in [9.17, 15) is 0 Å². The molecule has 2 aromatic rings. The van der Waals surface area contributed by atoms with E-state index in [1.807, 2.05) is 19.2 Å². The fourth-order valence-corrected chi connectivity index (χ4v) is 2.25. The predicted octanol–water partition coefficient (Wildman–Crippen LogP) is 3.49. The van der Waals surface area contributed by atoms with Gasteiger partial charge in [-0.2, -0.15) is 0 Å². The third-order valence-electron chi connectivity index (χ3n) is 2.34. The van der Waals surface area contributed by atoms with E-state index in [1.165, 1.54) is 5.56 Å². The molecule has 0 aliphatic heterocycles. The molecule has 18 heavy (non-hydrogen) atoms. The van der Waals surface area contributed by atoms with Crippen LogP contribution in [0, 0.1) is 6.92 Å². The second-order valence-electron chi connectivity index (χ2n) is 4.02. The van der Waals surface area contributed by atoms with Crippen LogP contribution in [0.5, 0.6) is 0 Å². The molecule has 2 heterocycles. The molecule has 0 saturated carbocycles. The number of pyridine rings is 1. The molecule has 1 N–H and O–H groups in total. The molecule has 0 aromatic carbocycles. The zero-order valence-corrected chi connectivity index (χ0v) is 11.5. The second kappa shape index (κ2) is 6.44. The zero-order chi connectivity index (χ0) is 12.8. The summed E-state index contributed by atoms with van der Waals surface area (Å²) in [6, 6.07) is 4.08. The largest absolute Gasteiger partial charge is 0.440 e. The number of oxazole rings is 1. The van der Waals surface area contributed by atoms with E-state index in [4.69, 9.17) is 4.42 Å². The number of hydrogen-bond acceptors (Lipinski definition) is 5. The van der Waals surface area contributed by atoms with Gasteiger partial charge in [-0.3, -0.25) is 0 Å². The number of aromatic nitrogens is 2. The van der Waals surface area contributed by atoms with Crippen LogP contribution in [-0.4, -0.2) is 16.5 Å². The molecular weight excluding hydrogens is 246 g/mol. The van der Waals surface area contributed by atoms with Crippen molar-refractivity contribution in [1.82, 2.24) is 9.97 Å². The quantitative estimate of drug-likeness (QED) is 0.808. The second-order valence-corrected chi connectivity index (χ2v) is 4.95. The van der Waals surface area contributed by atoms with Crippen LogP contribution in [0.25, 0.3) is 0 Å². The molecule has 0 aliphatic carbocycles. The van der Waals surface area contributed by atoms with Gasteiger partial charge < -0.3 is 9.73 Å². The number of aryl methyl sites for hydroxylation is 1. The Morgan fingerprint density at radius 2 is 2.33 bits per heavy atom. The van der Waals surface area contributed by atoms with Gasteiger partial charge in [-0.1, -0.05) is 18.7 Å². The Balaban J connectivity index is 1.92. The van der Waals surface area contributed by atoms with Crippen LogP contribution >= 0.6 is 11.8 Å². The van der Waals surface area contributed by atoms with Crippen molar-refractivity contribution in [1.29, 1.82) is 0 Å². The maximum Gasteiger partial charge on any atom is 0.256 e. The summed E-state index contributed by atoms with van der Waals surface area (Å²) in [6.07, 6.45) is 4.59. The molecular formula is C13H17N3OS. The number of nitrogens with zero attached hydrogens (tertiary/aromatic N) is 2. The lowest BCUT2D eigenvalue weighted by molar-refractivity contribution is 0.454. The van der Waals surface area contributed by atoms with Crippen molar-refractivity contribution in [2.24, 2.45) is 0 Å². The summed E-state index contributed by atoms with van der Waals surface area (Å²) in [5, 5.41) is 3.99. The first kappa shape index (κ1) is 13.0. The molecule has 0 amide bonds. The minimum Gasteiger partial charge on any atom is -0.440 e. The molecule has 0 saturated heterocycles. The molecule has 0 aliphatic rings. The van der Waals surface area contributed by atoms with Crippen LogP contribution in [0.4, 0.5) is 5.82 Å². The highest BCUT2D eigenvalue weighted by Gasteiger charge is 2.03. The molecule has 2 aromatic heterocycles. The Morgan fingerprint density at radius 3 is 3.06 bits per heavy atom. The van der Waals surface area contributed by atoms with Gasteiger partial charge in [0.1, 0.15) is 12.1 Å². The average Bonchev–Trinajstić information content (AvgIpc) is 2.80. The van der Waals surface area contributed by atoms with Crippen LogP contribution < -0.4 is 5.32 Å². The van der Waals surface area contributed by atoms with E-state index >= 15 is 0 Å². The fourth-order valence-electron chi connectivity index (χ4n) is 1.46. The van der Waals surface area contributed by atoms with Crippen LogP contribution in [0.2, 0.25) is 0 Å². The Bertz CT molecular complexity index is 498. The van der Waals surface area contributed by atoms with Gasteiger partial charge in [-0.05, 0) is 31.0 Å². The Hall–Kier alpha value is -1.49. The lowest BCUT2D eigenvalue weighted by atomic mass is 10.3. The molecule has 2 rings (SSSR count). The van der Waals surface area contributed by atoms with Gasteiger partial charge in [-0.15, -0.1) is 0 Å². The highest BCUT2D eigenvalue weighted by atomic mass is 32.2. The van der Waals surface area contributed by atoms with Gasteiger partial charge in [0.05, 0.1) is 5.69 Å². The molecule has 96 valence electrons. The summed E-state index contributed by atoms with van der Waals surface area (Å²) in [4.78, 5) is 8.54. The lowest BCUT2D eigenvalue weighted by Gasteiger charge is -2.05. The normalized spacial score (nSPS) is 10.6. The predicted molar refractivity (Wildman–Crippen MR) is 73.8 cm³/mol. The van der Waals surface area contributed by atoms with E-state index in [2.05, 4.69) is 28.3 Å². The summed E-state index contributed by atoms with van der Waals surface area (Å²) in [5.74, 6) is 1.77. The molecule has 0 spiro atoms. The molecule has 5 heteroatoms. The molecule has 0 unspecified atom stereocenters. The van der Waals surface area contributed by atoms with E-state index in [0.717, 1.165) is 30.2 Å². The Morgan fingerprint density at radius 1 is 1.44 bits per heavy atom. The van der Waals surface area contributed by atoms with Gasteiger partial charge >= 0.3 is 0 Å². The standard InChI is InChI=1S/C13H17N3OS/c1-3-5-14-12-7-11(4-6-15-12)9-18-13-16-10(2)8-17-13/h4,6-8H,3,5,9H2,1-2H3,(H,14,15). The fraction of sp³-hybridized carbons (Fsp3) is 0.385. The molecule has 4 nitrogen and oxygen atoms in total. The minimum atomic E-state index is 0.715. The van der Waals surface area contributed by atoms with Gasteiger partial charge in [0, 0.05) is 18.5 Å². The topological polar surface area (TPSA) is 51.0 Å². The monoisotopic (exact) mass is 263 g/mol. The van der Waals surface area contributed by atoms with Gasteiger partial charge in [0.25, 0.3) is 5.22 Å². The summed E-state index contributed by atoms with van der Waals surface area (Å²) < 4.78 is 5.30. The van der Waals surface area contributed by atoms with Crippen molar-refractivity contribution >= 4 is 17.6 Å². The van der Waals surface area contributed by atoms with Crippen molar-refractivity contribution in [2.75, 3.05) is 11.9 Å². The number of anilines is 1. The summed E-state index contributed by atoms with van der Waals surface area (Å²) in [6.45, 7) is 5.01. The highest BCUT2D eigenvalue weighted by molar-refractivity contribution is 7.98. The van der Waals surface area contributed by atoms with E-state index in [1.54, 1.807) is 18.0 Å². The Kier molecular flexibility index (Phi) is 4.64. The Labute approximate surface area is 111 Å². The number of hydrogen-bond donors (Lipinski definition) is 1. The number of rotatable bonds is 6. The van der Waals surface area contributed by atoms with Crippen molar-refractivity contribution in [2.45, 2.75) is 31.2 Å². The zero-order valence-electron chi connectivity index (χ0n) is 10.6. The maximum atomic E-state index is 5.30. The molecule has 0 fully saturated rings.